The molecule has 0 saturated heterocycles. The zero-order valence-corrected chi connectivity index (χ0v) is 20.0. The summed E-state index contributed by atoms with van der Waals surface area (Å²) < 4.78 is 10.5. The van der Waals surface area contributed by atoms with Crippen molar-refractivity contribution in [3.8, 4) is 22.6 Å². The van der Waals surface area contributed by atoms with Crippen molar-refractivity contribution in [2.75, 3.05) is 24.5 Å². The summed E-state index contributed by atoms with van der Waals surface area (Å²) in [7, 11) is 3.02. The zero-order chi connectivity index (χ0) is 25.5. The van der Waals surface area contributed by atoms with E-state index in [2.05, 4.69) is 17.1 Å². The van der Waals surface area contributed by atoms with Gasteiger partial charge in [-0.1, -0.05) is 54.6 Å². The Morgan fingerprint density at radius 2 is 1.42 bits per heavy atom. The summed E-state index contributed by atoms with van der Waals surface area (Å²) in [6.07, 6.45) is 0. The molecule has 0 aliphatic carbocycles. The van der Waals surface area contributed by atoms with E-state index < -0.39 is 11.8 Å². The Morgan fingerprint density at radius 1 is 0.778 bits per heavy atom. The number of amides is 2. The number of anilines is 2. The molecule has 0 unspecified atom stereocenters. The minimum Gasteiger partial charge on any atom is -0.493 e. The van der Waals surface area contributed by atoms with Crippen molar-refractivity contribution in [2.45, 2.75) is 0 Å². The van der Waals surface area contributed by atoms with Gasteiger partial charge in [0.1, 0.15) is 0 Å². The van der Waals surface area contributed by atoms with E-state index in [1.807, 2.05) is 42.5 Å². The van der Waals surface area contributed by atoms with Crippen LogP contribution in [0.1, 0.15) is 20.7 Å². The normalized spacial score (nSPS) is 10.3. The summed E-state index contributed by atoms with van der Waals surface area (Å²) in [5, 5.41) is 7.97. The molecule has 0 saturated carbocycles. The Labute approximate surface area is 209 Å². The van der Waals surface area contributed by atoms with Gasteiger partial charge in [-0.3, -0.25) is 9.59 Å². The Morgan fingerprint density at radius 3 is 2.08 bits per heavy atom. The molecule has 0 aromatic heterocycles. The molecule has 4 aromatic carbocycles. The topological polar surface area (TPSA) is 80.2 Å². The van der Waals surface area contributed by atoms with Crippen LogP contribution in [0.3, 0.4) is 0 Å². The van der Waals surface area contributed by atoms with Gasteiger partial charge < -0.3 is 14.8 Å². The van der Waals surface area contributed by atoms with Crippen LogP contribution in [0, 0.1) is 0 Å². The monoisotopic (exact) mass is 479 g/mol. The first kappa shape index (κ1) is 24.2. The van der Waals surface area contributed by atoms with Gasteiger partial charge in [0, 0.05) is 12.3 Å². The minimum absolute atomic E-state index is 0.269. The second kappa shape index (κ2) is 11.0. The van der Waals surface area contributed by atoms with Crippen molar-refractivity contribution in [2.24, 2.45) is 5.10 Å². The number of rotatable bonds is 8. The number of ether oxygens (including phenoxy) is 2. The summed E-state index contributed by atoms with van der Waals surface area (Å²) >= 11 is 0. The van der Waals surface area contributed by atoms with E-state index in [9.17, 15) is 9.59 Å². The van der Waals surface area contributed by atoms with Crippen LogP contribution in [0.2, 0.25) is 0 Å². The van der Waals surface area contributed by atoms with E-state index in [4.69, 9.17) is 9.47 Å². The molecule has 180 valence electrons. The number of carbonyl (C=O) groups excluding carboxylic acids is 2. The third kappa shape index (κ3) is 5.10. The summed E-state index contributed by atoms with van der Waals surface area (Å²) in [4.78, 5) is 26.4. The van der Waals surface area contributed by atoms with Crippen LogP contribution >= 0.6 is 0 Å². The Hall–Kier alpha value is -4.91. The molecule has 7 nitrogen and oxygen atoms in total. The summed E-state index contributed by atoms with van der Waals surface area (Å²) in [5.74, 6) is 0.105. The van der Waals surface area contributed by atoms with Crippen LogP contribution in [-0.2, 0) is 0 Å². The van der Waals surface area contributed by atoms with Crippen LogP contribution in [0.5, 0.6) is 11.5 Å². The molecule has 4 rings (SSSR count). The van der Waals surface area contributed by atoms with Gasteiger partial charge in [-0.25, -0.2) is 0 Å². The zero-order valence-electron chi connectivity index (χ0n) is 20.0. The summed E-state index contributed by atoms with van der Waals surface area (Å²) in [5.41, 5.74) is 3.60. The van der Waals surface area contributed by atoms with Gasteiger partial charge in [-0.15, -0.1) is 0 Å². The first-order chi connectivity index (χ1) is 17.5. The third-order valence-electron chi connectivity index (χ3n) is 5.60. The van der Waals surface area contributed by atoms with Gasteiger partial charge in [0.2, 0.25) is 0 Å². The molecule has 2 amide bonds. The van der Waals surface area contributed by atoms with Gasteiger partial charge >= 0.3 is 0 Å². The van der Waals surface area contributed by atoms with E-state index in [0.717, 1.165) is 11.1 Å². The van der Waals surface area contributed by atoms with E-state index in [1.165, 1.54) is 19.2 Å². The third-order valence-corrected chi connectivity index (χ3v) is 5.60. The van der Waals surface area contributed by atoms with Crippen LogP contribution in [0.15, 0.2) is 102 Å². The lowest BCUT2D eigenvalue weighted by Gasteiger charge is -2.19. The van der Waals surface area contributed by atoms with Crippen molar-refractivity contribution in [3.05, 3.63) is 108 Å². The molecule has 4 aromatic rings. The molecule has 0 heterocycles. The first-order valence-electron chi connectivity index (χ1n) is 11.1. The number of hydrogen-bond acceptors (Lipinski definition) is 5. The number of benzene rings is 4. The number of carbonyl (C=O) groups is 2. The highest BCUT2D eigenvalue weighted by Crippen LogP contribution is 2.29. The molecule has 7 heteroatoms. The average molecular weight is 480 g/mol. The van der Waals surface area contributed by atoms with Crippen LogP contribution in [0.25, 0.3) is 11.1 Å². The molecular weight excluding hydrogens is 454 g/mol. The highest BCUT2D eigenvalue weighted by atomic mass is 16.5. The molecule has 0 spiro atoms. The highest BCUT2D eigenvalue weighted by Gasteiger charge is 2.21. The van der Waals surface area contributed by atoms with Crippen molar-refractivity contribution in [1.82, 2.24) is 0 Å². The summed E-state index contributed by atoms with van der Waals surface area (Å²) in [6.45, 7) is 3.58. The van der Waals surface area contributed by atoms with E-state index in [0.29, 0.717) is 28.4 Å². The molecule has 0 aliphatic rings. The maximum absolute atomic E-state index is 13.5. The number of nitrogens with zero attached hydrogens (tertiary/aromatic N) is 2. The standard InChI is InChI=1S/C29H25N3O4/c1-30-32(23-16-13-21(14-17-23)20-9-5-4-6-10-20)29(34)24-11-7-8-12-25(24)31-28(33)22-15-18-26(35-2)27(19-22)36-3/h4-19H,1H2,2-3H3,(H,31,33). The van der Waals surface area contributed by atoms with Gasteiger partial charge in [0.15, 0.2) is 11.5 Å². The Kier molecular flexibility index (Phi) is 7.41. The lowest BCUT2D eigenvalue weighted by molar-refractivity contribution is 0.0989. The van der Waals surface area contributed by atoms with Crippen LogP contribution in [-0.4, -0.2) is 32.8 Å². The second-order valence-corrected chi connectivity index (χ2v) is 7.74. The maximum Gasteiger partial charge on any atom is 0.280 e. The molecule has 0 fully saturated rings. The second-order valence-electron chi connectivity index (χ2n) is 7.74. The molecule has 0 bridgehead atoms. The fourth-order valence-corrected chi connectivity index (χ4v) is 3.75. The van der Waals surface area contributed by atoms with Gasteiger partial charge in [0.25, 0.3) is 11.8 Å². The average Bonchev–Trinajstić information content (AvgIpc) is 2.94. The Balaban J connectivity index is 1.58. The van der Waals surface area contributed by atoms with Crippen LogP contribution in [0.4, 0.5) is 11.4 Å². The SMILES string of the molecule is C=NN(C(=O)c1ccccc1NC(=O)c1ccc(OC)c(OC)c1)c1ccc(-c2ccccc2)cc1. The fraction of sp³-hybridized carbons (Fsp3) is 0.0690. The number of hydrazone groups is 1. The van der Waals surface area contributed by atoms with Gasteiger partial charge in [-0.2, -0.15) is 10.1 Å². The number of nitrogens with one attached hydrogen (secondary N) is 1. The van der Waals surface area contributed by atoms with Crippen molar-refractivity contribution in [3.63, 3.8) is 0 Å². The van der Waals surface area contributed by atoms with Gasteiger partial charge in [-0.05, 0) is 53.6 Å². The van der Waals surface area contributed by atoms with Gasteiger partial charge in [0.05, 0.1) is 31.2 Å². The van der Waals surface area contributed by atoms with E-state index >= 15 is 0 Å². The first-order valence-corrected chi connectivity index (χ1v) is 11.1. The summed E-state index contributed by atoms with van der Waals surface area (Å²) in [6, 6.07) is 29.0. The van der Waals surface area contributed by atoms with Crippen LogP contribution < -0.4 is 19.8 Å². The molecule has 1 N–H and O–H groups in total. The quantitative estimate of drug-likeness (QED) is 0.253. The van der Waals surface area contributed by atoms with Crippen molar-refractivity contribution >= 4 is 29.9 Å². The molecule has 0 atom stereocenters. The minimum atomic E-state index is -0.430. The predicted molar refractivity (Wildman–Crippen MR) is 142 cm³/mol. The fourth-order valence-electron chi connectivity index (χ4n) is 3.75. The Bertz CT molecular complexity index is 1390. The van der Waals surface area contributed by atoms with Crippen molar-refractivity contribution < 1.29 is 19.1 Å². The number of methoxy groups -OCH3 is 2. The number of para-hydroxylation sites is 1. The largest absolute Gasteiger partial charge is 0.493 e. The van der Waals surface area contributed by atoms with Crippen molar-refractivity contribution in [1.29, 1.82) is 0 Å². The molecule has 0 radical (unpaired) electrons. The molecule has 0 aliphatic heterocycles. The van der Waals surface area contributed by atoms with E-state index in [1.54, 1.807) is 54.6 Å². The lowest BCUT2D eigenvalue weighted by Crippen LogP contribution is -2.26. The van der Waals surface area contributed by atoms with E-state index in [-0.39, 0.29) is 5.56 Å². The molecule has 36 heavy (non-hydrogen) atoms. The number of hydrogen-bond donors (Lipinski definition) is 1. The maximum atomic E-state index is 13.5. The lowest BCUT2D eigenvalue weighted by atomic mass is 10.1. The smallest absolute Gasteiger partial charge is 0.280 e. The highest BCUT2D eigenvalue weighted by molar-refractivity contribution is 6.13. The predicted octanol–water partition coefficient (Wildman–Crippen LogP) is 5.89. The molecular formula is C29H25N3O4.